The molecule has 2 rings (SSSR count). The maximum absolute atomic E-state index is 13.7. The number of hydrogen-bond donors (Lipinski definition) is 1. The minimum absolute atomic E-state index is 0.362. The zero-order valence-electron chi connectivity index (χ0n) is 11.6. The first kappa shape index (κ1) is 17.6. The van der Waals surface area contributed by atoms with Crippen molar-refractivity contribution in [3.63, 3.8) is 0 Å². The maximum atomic E-state index is 13.7. The van der Waals surface area contributed by atoms with Gasteiger partial charge in [-0.25, -0.2) is 12.8 Å². The van der Waals surface area contributed by atoms with Crippen LogP contribution in [-0.2, 0) is 16.2 Å². The summed E-state index contributed by atoms with van der Waals surface area (Å²) in [4.78, 5) is -0.672. The fourth-order valence-corrected chi connectivity index (χ4v) is 3.11. The molecule has 124 valence electrons. The van der Waals surface area contributed by atoms with Crippen LogP contribution in [0.15, 0.2) is 41.3 Å². The number of rotatable bonds is 3. The van der Waals surface area contributed by atoms with Gasteiger partial charge in [0.05, 0.1) is 21.2 Å². The first-order chi connectivity index (χ1) is 10.5. The number of anilines is 1. The van der Waals surface area contributed by atoms with Gasteiger partial charge in [0.15, 0.2) is 0 Å². The highest BCUT2D eigenvalue weighted by Gasteiger charge is 2.34. The standard InChI is InChI=1S/C14H10ClF4NO2S/c1-8-2-5-13(12(16)6-8)20-23(21,22)9-3-4-11(15)10(7-9)14(17,18)19/h2-7,20H,1H3. The molecule has 0 saturated heterocycles. The molecule has 3 nitrogen and oxygen atoms in total. The Hall–Kier alpha value is -1.80. The molecule has 9 heteroatoms. The fourth-order valence-electron chi connectivity index (χ4n) is 1.80. The largest absolute Gasteiger partial charge is 0.417 e. The Bertz CT molecular complexity index is 850. The third-order valence-corrected chi connectivity index (χ3v) is 4.62. The molecule has 0 atom stereocenters. The molecule has 0 radical (unpaired) electrons. The summed E-state index contributed by atoms with van der Waals surface area (Å²) in [6.07, 6.45) is -4.81. The molecule has 0 aliphatic carbocycles. The van der Waals surface area contributed by atoms with Gasteiger partial charge in [0.25, 0.3) is 10.0 Å². The number of alkyl halides is 3. The first-order valence-corrected chi connectivity index (χ1v) is 8.02. The quantitative estimate of drug-likeness (QED) is 0.805. The van der Waals surface area contributed by atoms with E-state index in [2.05, 4.69) is 0 Å². The van der Waals surface area contributed by atoms with Gasteiger partial charge in [0.1, 0.15) is 5.82 Å². The number of nitrogens with one attached hydrogen (secondary N) is 1. The van der Waals surface area contributed by atoms with E-state index in [4.69, 9.17) is 11.6 Å². The number of halogens is 5. The van der Waals surface area contributed by atoms with Crippen molar-refractivity contribution in [2.24, 2.45) is 0 Å². The van der Waals surface area contributed by atoms with Gasteiger partial charge in [-0.2, -0.15) is 13.2 Å². The van der Waals surface area contributed by atoms with Crippen molar-refractivity contribution in [1.82, 2.24) is 0 Å². The van der Waals surface area contributed by atoms with E-state index in [-0.39, 0.29) is 5.69 Å². The van der Waals surface area contributed by atoms with Gasteiger partial charge in [-0.3, -0.25) is 4.72 Å². The van der Waals surface area contributed by atoms with E-state index in [1.165, 1.54) is 12.1 Å². The van der Waals surface area contributed by atoms with Crippen molar-refractivity contribution in [1.29, 1.82) is 0 Å². The lowest BCUT2D eigenvalue weighted by atomic mass is 10.2. The van der Waals surface area contributed by atoms with Crippen molar-refractivity contribution in [2.75, 3.05) is 4.72 Å². The summed E-state index contributed by atoms with van der Waals surface area (Å²) < 4.78 is 78.3. The Labute approximate surface area is 134 Å². The van der Waals surface area contributed by atoms with Crippen LogP contribution < -0.4 is 4.72 Å². The van der Waals surface area contributed by atoms with Gasteiger partial charge in [0.2, 0.25) is 0 Å². The van der Waals surface area contributed by atoms with Crippen molar-refractivity contribution in [3.05, 3.63) is 58.4 Å². The number of sulfonamides is 1. The maximum Gasteiger partial charge on any atom is 0.417 e. The Morgan fingerprint density at radius 3 is 2.30 bits per heavy atom. The van der Waals surface area contributed by atoms with E-state index in [0.717, 1.165) is 18.2 Å². The third-order valence-electron chi connectivity index (χ3n) is 2.92. The summed E-state index contributed by atoms with van der Waals surface area (Å²) >= 11 is 5.44. The van der Waals surface area contributed by atoms with Crippen molar-refractivity contribution in [3.8, 4) is 0 Å². The van der Waals surface area contributed by atoms with Gasteiger partial charge in [0, 0.05) is 0 Å². The minimum Gasteiger partial charge on any atom is -0.277 e. The zero-order valence-corrected chi connectivity index (χ0v) is 13.2. The van der Waals surface area contributed by atoms with Crippen LogP contribution in [0.3, 0.4) is 0 Å². The Morgan fingerprint density at radius 2 is 1.74 bits per heavy atom. The molecule has 0 unspecified atom stereocenters. The molecule has 0 bridgehead atoms. The zero-order chi connectivity index (χ0) is 17.4. The molecule has 2 aromatic rings. The molecule has 0 heterocycles. The Morgan fingerprint density at radius 1 is 1.09 bits per heavy atom. The monoisotopic (exact) mass is 367 g/mol. The third kappa shape index (κ3) is 3.94. The molecular formula is C14H10ClF4NO2S. The van der Waals surface area contributed by atoms with Crippen LogP contribution in [0.1, 0.15) is 11.1 Å². The summed E-state index contributed by atoms with van der Waals surface area (Å²) in [5, 5.41) is -0.627. The van der Waals surface area contributed by atoms with E-state index >= 15 is 0 Å². The lowest BCUT2D eigenvalue weighted by Crippen LogP contribution is -2.15. The van der Waals surface area contributed by atoms with Crippen LogP contribution in [0.2, 0.25) is 5.02 Å². The molecule has 0 aliphatic rings. The summed E-state index contributed by atoms with van der Waals surface area (Å²) in [6, 6.07) is 5.88. The molecule has 0 aromatic heterocycles. The van der Waals surface area contributed by atoms with Gasteiger partial charge >= 0.3 is 6.18 Å². The molecule has 0 fully saturated rings. The van der Waals surface area contributed by atoms with Crippen LogP contribution >= 0.6 is 11.6 Å². The van der Waals surface area contributed by atoms with Crippen LogP contribution in [-0.4, -0.2) is 8.42 Å². The minimum atomic E-state index is -4.81. The SMILES string of the molecule is Cc1ccc(NS(=O)(=O)c2ccc(Cl)c(C(F)(F)F)c2)c(F)c1. The number of benzene rings is 2. The molecule has 0 amide bonds. The first-order valence-electron chi connectivity index (χ1n) is 6.16. The van der Waals surface area contributed by atoms with Gasteiger partial charge in [-0.05, 0) is 42.8 Å². The smallest absolute Gasteiger partial charge is 0.277 e. The average molecular weight is 368 g/mol. The number of aryl methyl sites for hydroxylation is 1. The average Bonchev–Trinajstić information content (AvgIpc) is 2.41. The lowest BCUT2D eigenvalue weighted by Gasteiger charge is -2.13. The summed E-state index contributed by atoms with van der Waals surface area (Å²) in [5.41, 5.74) is -1.08. The molecule has 0 aliphatic heterocycles. The second-order valence-electron chi connectivity index (χ2n) is 4.73. The molecular weight excluding hydrogens is 358 g/mol. The van der Waals surface area contributed by atoms with Gasteiger partial charge in [-0.1, -0.05) is 17.7 Å². The highest BCUT2D eigenvalue weighted by molar-refractivity contribution is 7.92. The molecule has 0 spiro atoms. The summed E-state index contributed by atoms with van der Waals surface area (Å²) in [6.45, 7) is 1.61. The second-order valence-corrected chi connectivity index (χ2v) is 6.82. The number of hydrogen-bond acceptors (Lipinski definition) is 2. The molecule has 2 aromatic carbocycles. The van der Waals surface area contributed by atoms with Crippen LogP contribution in [0, 0.1) is 12.7 Å². The normalized spacial score (nSPS) is 12.3. The van der Waals surface area contributed by atoms with Crippen molar-refractivity contribution in [2.45, 2.75) is 18.0 Å². The lowest BCUT2D eigenvalue weighted by molar-refractivity contribution is -0.137. The summed E-state index contributed by atoms with van der Waals surface area (Å²) in [7, 11) is -4.40. The second kappa shape index (κ2) is 6.01. The molecule has 1 N–H and O–H groups in total. The Balaban J connectivity index is 2.44. The van der Waals surface area contributed by atoms with E-state index in [1.54, 1.807) is 6.92 Å². The highest BCUT2D eigenvalue weighted by atomic mass is 35.5. The van der Waals surface area contributed by atoms with E-state index < -0.39 is 37.5 Å². The van der Waals surface area contributed by atoms with Crippen LogP contribution in [0.5, 0.6) is 0 Å². The molecule has 23 heavy (non-hydrogen) atoms. The fraction of sp³-hybridized carbons (Fsp3) is 0.143. The highest BCUT2D eigenvalue weighted by Crippen LogP contribution is 2.36. The Kier molecular flexibility index (Phi) is 4.59. The van der Waals surface area contributed by atoms with E-state index in [1.807, 2.05) is 4.72 Å². The predicted molar refractivity (Wildman–Crippen MR) is 78.4 cm³/mol. The summed E-state index contributed by atoms with van der Waals surface area (Å²) in [5.74, 6) is -0.835. The van der Waals surface area contributed by atoms with Crippen molar-refractivity contribution >= 4 is 27.3 Å². The van der Waals surface area contributed by atoms with E-state index in [0.29, 0.717) is 11.6 Å². The van der Waals surface area contributed by atoms with Crippen molar-refractivity contribution < 1.29 is 26.0 Å². The van der Waals surface area contributed by atoms with Gasteiger partial charge < -0.3 is 0 Å². The van der Waals surface area contributed by atoms with Gasteiger partial charge in [-0.15, -0.1) is 0 Å². The molecule has 0 saturated carbocycles. The van der Waals surface area contributed by atoms with Crippen LogP contribution in [0.4, 0.5) is 23.2 Å². The van der Waals surface area contributed by atoms with E-state index in [9.17, 15) is 26.0 Å². The van der Waals surface area contributed by atoms with Crippen LogP contribution in [0.25, 0.3) is 0 Å². The predicted octanol–water partition coefficient (Wildman–Crippen LogP) is 4.61. The topological polar surface area (TPSA) is 46.2 Å².